The van der Waals surface area contributed by atoms with Crippen molar-refractivity contribution in [3.05, 3.63) is 0 Å². The predicted molar refractivity (Wildman–Crippen MR) is 55.8 cm³/mol. The first-order valence-electron chi connectivity index (χ1n) is 4.48. The van der Waals surface area contributed by atoms with E-state index in [2.05, 4.69) is 0 Å². The van der Waals surface area contributed by atoms with Crippen molar-refractivity contribution in [2.45, 2.75) is 32.5 Å². The zero-order valence-corrected chi connectivity index (χ0v) is 10.2. The molecule has 1 unspecified atom stereocenters. The molecule has 1 saturated heterocycles. The zero-order valence-electron chi connectivity index (χ0n) is 8.66. The summed E-state index contributed by atoms with van der Waals surface area (Å²) in [5.41, 5.74) is -0.434. The number of halogens is 1. The van der Waals surface area contributed by atoms with Crippen molar-refractivity contribution in [3.8, 4) is 0 Å². The Balaban J connectivity index is 2.82. The fraction of sp³-hybridized carbons (Fsp3) is 1.00. The van der Waals surface area contributed by atoms with Gasteiger partial charge < -0.3 is 4.74 Å². The number of morpholine rings is 1. The predicted octanol–water partition coefficient (Wildman–Crippen LogP) is 1.01. The lowest BCUT2D eigenvalue weighted by Gasteiger charge is -2.40. The molecule has 1 atom stereocenters. The number of alkyl halides is 1. The molecule has 0 bridgehead atoms. The molecular weight excluding hydrogens is 226 g/mol. The molecule has 14 heavy (non-hydrogen) atoms. The summed E-state index contributed by atoms with van der Waals surface area (Å²) in [5.74, 6) is 0. The van der Waals surface area contributed by atoms with E-state index in [1.165, 1.54) is 4.31 Å². The van der Waals surface area contributed by atoms with Gasteiger partial charge in [-0.25, -0.2) is 8.42 Å². The Morgan fingerprint density at radius 2 is 2.14 bits per heavy atom. The number of ether oxygens (including phenoxy) is 1. The molecule has 1 aliphatic rings. The van der Waals surface area contributed by atoms with Crippen molar-refractivity contribution in [2.24, 2.45) is 0 Å². The minimum atomic E-state index is -3.31. The Bertz CT molecular complexity index is 302. The first-order chi connectivity index (χ1) is 6.27. The standard InChI is InChI=1S/C8H16ClNO3S/c1-7-4-10(14(11,12)6-9)5-8(2,3)13-7/h7H,4-6H2,1-3H3. The highest BCUT2D eigenvalue weighted by Gasteiger charge is 2.36. The second kappa shape index (κ2) is 3.96. The lowest BCUT2D eigenvalue weighted by atomic mass is 10.1. The lowest BCUT2D eigenvalue weighted by Crippen LogP contribution is -2.53. The van der Waals surface area contributed by atoms with Crippen LogP contribution in [0.2, 0.25) is 0 Å². The van der Waals surface area contributed by atoms with Gasteiger partial charge in [0.1, 0.15) is 5.21 Å². The molecule has 0 aromatic rings. The van der Waals surface area contributed by atoms with Gasteiger partial charge in [-0.1, -0.05) is 0 Å². The summed E-state index contributed by atoms with van der Waals surface area (Å²) >= 11 is 5.40. The van der Waals surface area contributed by atoms with Crippen molar-refractivity contribution in [1.82, 2.24) is 4.31 Å². The third kappa shape index (κ3) is 2.82. The molecule has 0 aliphatic carbocycles. The maximum absolute atomic E-state index is 11.5. The summed E-state index contributed by atoms with van der Waals surface area (Å²) in [4.78, 5) is 0. The summed E-state index contributed by atoms with van der Waals surface area (Å²) in [7, 11) is -3.31. The van der Waals surface area contributed by atoms with E-state index in [0.717, 1.165) is 0 Å². The average Bonchev–Trinajstić information content (AvgIpc) is 2.00. The van der Waals surface area contributed by atoms with E-state index in [1.54, 1.807) is 0 Å². The zero-order chi connectivity index (χ0) is 11.0. The van der Waals surface area contributed by atoms with E-state index in [9.17, 15) is 8.42 Å². The highest BCUT2D eigenvalue weighted by molar-refractivity contribution is 7.90. The van der Waals surface area contributed by atoms with Crippen LogP contribution in [0, 0.1) is 0 Å². The lowest BCUT2D eigenvalue weighted by molar-refractivity contribution is -0.109. The van der Waals surface area contributed by atoms with Crippen molar-refractivity contribution in [1.29, 1.82) is 0 Å². The van der Waals surface area contributed by atoms with E-state index in [-0.39, 0.29) is 11.3 Å². The van der Waals surface area contributed by atoms with Gasteiger partial charge in [-0.05, 0) is 20.8 Å². The summed E-state index contributed by atoms with van der Waals surface area (Å²) in [6.45, 7) is 6.36. The van der Waals surface area contributed by atoms with E-state index in [1.807, 2.05) is 20.8 Å². The van der Waals surface area contributed by atoms with Crippen LogP contribution < -0.4 is 0 Å². The molecule has 0 N–H and O–H groups in total. The Morgan fingerprint density at radius 1 is 1.57 bits per heavy atom. The van der Waals surface area contributed by atoms with Gasteiger partial charge >= 0.3 is 0 Å². The number of rotatable bonds is 2. The van der Waals surface area contributed by atoms with Crippen LogP contribution in [0.5, 0.6) is 0 Å². The third-order valence-corrected chi connectivity index (χ3v) is 4.24. The highest BCUT2D eigenvalue weighted by Crippen LogP contribution is 2.23. The maximum Gasteiger partial charge on any atom is 0.228 e. The molecule has 1 aliphatic heterocycles. The molecular formula is C8H16ClNO3S. The number of hydrogen-bond donors (Lipinski definition) is 0. The van der Waals surface area contributed by atoms with Crippen LogP contribution in [0.15, 0.2) is 0 Å². The largest absolute Gasteiger partial charge is 0.370 e. The molecule has 1 fully saturated rings. The summed E-state index contributed by atoms with van der Waals surface area (Å²) in [6.07, 6.45) is -0.0864. The SMILES string of the molecule is CC1CN(S(=O)(=O)CCl)CC(C)(C)O1. The molecule has 4 nitrogen and oxygen atoms in total. The van der Waals surface area contributed by atoms with Crippen molar-refractivity contribution in [3.63, 3.8) is 0 Å². The Hall–Kier alpha value is 0.160. The molecule has 1 rings (SSSR count). The summed E-state index contributed by atoms with van der Waals surface area (Å²) < 4.78 is 30.0. The molecule has 0 aromatic carbocycles. The Labute approximate surface area is 90.2 Å². The van der Waals surface area contributed by atoms with Crippen LogP contribution in [0.1, 0.15) is 20.8 Å². The van der Waals surface area contributed by atoms with E-state index < -0.39 is 15.6 Å². The second-order valence-electron chi connectivity index (χ2n) is 4.20. The normalized spacial score (nSPS) is 29.0. The maximum atomic E-state index is 11.5. The monoisotopic (exact) mass is 241 g/mol. The average molecular weight is 242 g/mol. The molecule has 6 heteroatoms. The van der Waals surface area contributed by atoms with Crippen LogP contribution in [-0.2, 0) is 14.8 Å². The smallest absolute Gasteiger partial charge is 0.228 e. The third-order valence-electron chi connectivity index (χ3n) is 2.07. The summed E-state index contributed by atoms with van der Waals surface area (Å²) in [5, 5.41) is -0.365. The molecule has 1 heterocycles. The van der Waals surface area contributed by atoms with E-state index >= 15 is 0 Å². The minimum Gasteiger partial charge on any atom is -0.370 e. The Morgan fingerprint density at radius 3 is 2.57 bits per heavy atom. The summed E-state index contributed by atoms with van der Waals surface area (Å²) in [6, 6.07) is 0. The van der Waals surface area contributed by atoms with Gasteiger partial charge in [-0.3, -0.25) is 0 Å². The molecule has 0 amide bonds. The molecule has 0 spiro atoms. The van der Waals surface area contributed by atoms with Crippen LogP contribution in [0.4, 0.5) is 0 Å². The van der Waals surface area contributed by atoms with E-state index in [4.69, 9.17) is 16.3 Å². The fourth-order valence-electron chi connectivity index (χ4n) is 1.68. The van der Waals surface area contributed by atoms with Gasteiger partial charge in [0, 0.05) is 13.1 Å². The highest BCUT2D eigenvalue weighted by atomic mass is 35.5. The van der Waals surface area contributed by atoms with Gasteiger partial charge in [0.15, 0.2) is 0 Å². The van der Waals surface area contributed by atoms with Crippen LogP contribution in [0.25, 0.3) is 0 Å². The van der Waals surface area contributed by atoms with Crippen molar-refractivity contribution >= 4 is 21.6 Å². The van der Waals surface area contributed by atoms with Crippen molar-refractivity contribution < 1.29 is 13.2 Å². The quantitative estimate of drug-likeness (QED) is 0.678. The fourth-order valence-corrected chi connectivity index (χ4v) is 3.17. The first kappa shape index (κ1) is 12.2. The van der Waals surface area contributed by atoms with Gasteiger partial charge in [-0.15, -0.1) is 11.6 Å². The Kier molecular flexibility index (Phi) is 3.46. The first-order valence-corrected chi connectivity index (χ1v) is 6.63. The topological polar surface area (TPSA) is 46.6 Å². The molecule has 0 saturated carbocycles. The number of sulfonamides is 1. The minimum absolute atomic E-state index is 0.0864. The number of hydrogen-bond acceptors (Lipinski definition) is 3. The van der Waals surface area contributed by atoms with Crippen LogP contribution in [-0.4, -0.2) is 42.7 Å². The van der Waals surface area contributed by atoms with E-state index in [0.29, 0.717) is 13.1 Å². The second-order valence-corrected chi connectivity index (χ2v) is 6.75. The van der Waals surface area contributed by atoms with Crippen molar-refractivity contribution in [2.75, 3.05) is 18.3 Å². The number of nitrogens with zero attached hydrogens (tertiary/aromatic N) is 1. The molecule has 0 aromatic heterocycles. The van der Waals surface area contributed by atoms with Gasteiger partial charge in [0.25, 0.3) is 0 Å². The van der Waals surface area contributed by atoms with Gasteiger partial charge in [0.2, 0.25) is 10.0 Å². The van der Waals surface area contributed by atoms with Gasteiger partial charge in [0.05, 0.1) is 11.7 Å². The molecule has 0 radical (unpaired) electrons. The van der Waals surface area contributed by atoms with Crippen LogP contribution in [0.3, 0.4) is 0 Å². The van der Waals surface area contributed by atoms with Crippen LogP contribution >= 0.6 is 11.6 Å². The van der Waals surface area contributed by atoms with Gasteiger partial charge in [-0.2, -0.15) is 4.31 Å². The molecule has 84 valence electrons.